The molecule has 0 aliphatic heterocycles. The number of hydrogen-bond donors (Lipinski definition) is 1. The van der Waals surface area contributed by atoms with Gasteiger partial charge >= 0.3 is 6.18 Å². The lowest BCUT2D eigenvalue weighted by molar-refractivity contribution is -0.137. The lowest BCUT2D eigenvalue weighted by Gasteiger charge is -2.08. The van der Waals surface area contributed by atoms with Gasteiger partial charge in [0.15, 0.2) is 0 Å². The van der Waals surface area contributed by atoms with E-state index >= 15 is 0 Å². The maximum absolute atomic E-state index is 13.6. The normalized spacial score (nSPS) is 11.8. The fraction of sp³-hybridized carbons (Fsp3) is 0.133. The van der Waals surface area contributed by atoms with Crippen LogP contribution in [0.4, 0.5) is 23.4 Å². The SMILES string of the molecule is Fc1cccc2c(NCc3ccc(C(F)(F)F)cc3)nsc12. The van der Waals surface area contributed by atoms with Gasteiger partial charge in [-0.1, -0.05) is 18.2 Å². The molecule has 0 saturated heterocycles. The fourth-order valence-electron chi connectivity index (χ4n) is 2.05. The summed E-state index contributed by atoms with van der Waals surface area (Å²) in [6, 6.07) is 9.59. The summed E-state index contributed by atoms with van der Waals surface area (Å²) in [5.41, 5.74) is 0.00276. The monoisotopic (exact) mass is 326 g/mol. The average Bonchev–Trinajstić information content (AvgIpc) is 2.89. The number of benzene rings is 2. The minimum absolute atomic E-state index is 0.313. The van der Waals surface area contributed by atoms with Crippen molar-refractivity contribution in [3.05, 3.63) is 59.4 Å². The van der Waals surface area contributed by atoms with E-state index in [1.165, 1.54) is 18.2 Å². The van der Waals surface area contributed by atoms with Crippen LogP contribution < -0.4 is 5.32 Å². The number of hydrogen-bond acceptors (Lipinski definition) is 3. The van der Waals surface area contributed by atoms with Crippen molar-refractivity contribution in [2.45, 2.75) is 12.7 Å². The Bertz CT molecular complexity index is 793. The molecule has 1 N–H and O–H groups in total. The molecule has 0 radical (unpaired) electrons. The minimum Gasteiger partial charge on any atom is -0.365 e. The second kappa shape index (κ2) is 5.57. The van der Waals surface area contributed by atoms with Crippen molar-refractivity contribution in [3.63, 3.8) is 0 Å². The molecule has 0 bridgehead atoms. The molecular formula is C15H10F4N2S. The van der Waals surface area contributed by atoms with Gasteiger partial charge < -0.3 is 5.32 Å². The third-order valence-electron chi connectivity index (χ3n) is 3.19. The van der Waals surface area contributed by atoms with Gasteiger partial charge in [-0.05, 0) is 41.4 Å². The lowest BCUT2D eigenvalue weighted by atomic mass is 10.1. The largest absolute Gasteiger partial charge is 0.416 e. The molecule has 114 valence electrons. The summed E-state index contributed by atoms with van der Waals surface area (Å²) in [6.45, 7) is 0.313. The van der Waals surface area contributed by atoms with Gasteiger partial charge in [0, 0.05) is 11.9 Å². The van der Waals surface area contributed by atoms with Crippen LogP contribution in [-0.4, -0.2) is 4.37 Å². The van der Waals surface area contributed by atoms with E-state index in [-0.39, 0.29) is 5.82 Å². The summed E-state index contributed by atoms with van der Waals surface area (Å²) in [4.78, 5) is 0. The van der Waals surface area contributed by atoms with Gasteiger partial charge in [0.25, 0.3) is 0 Å². The zero-order valence-corrected chi connectivity index (χ0v) is 11.9. The molecule has 0 spiro atoms. The Morgan fingerprint density at radius 1 is 1.05 bits per heavy atom. The highest BCUT2D eigenvalue weighted by Crippen LogP contribution is 2.30. The molecular weight excluding hydrogens is 316 g/mol. The number of nitrogens with zero attached hydrogens (tertiary/aromatic N) is 1. The minimum atomic E-state index is -4.34. The number of halogens is 4. The first-order valence-electron chi connectivity index (χ1n) is 6.39. The van der Waals surface area contributed by atoms with E-state index in [2.05, 4.69) is 9.69 Å². The summed E-state index contributed by atoms with van der Waals surface area (Å²) in [5, 5.41) is 3.68. The van der Waals surface area contributed by atoms with Crippen LogP contribution in [0.3, 0.4) is 0 Å². The van der Waals surface area contributed by atoms with E-state index in [4.69, 9.17) is 0 Å². The first-order chi connectivity index (χ1) is 10.4. The number of fused-ring (bicyclic) bond motifs is 1. The number of alkyl halides is 3. The predicted octanol–water partition coefficient (Wildman–Crippen LogP) is 5.07. The molecule has 0 aliphatic rings. The van der Waals surface area contributed by atoms with Crippen LogP contribution in [0.2, 0.25) is 0 Å². The fourth-order valence-corrected chi connectivity index (χ4v) is 2.82. The van der Waals surface area contributed by atoms with Crippen molar-refractivity contribution in [1.82, 2.24) is 4.37 Å². The molecule has 3 aromatic rings. The molecule has 3 rings (SSSR count). The van der Waals surface area contributed by atoms with E-state index in [1.807, 2.05) is 0 Å². The van der Waals surface area contributed by atoms with Gasteiger partial charge in [-0.3, -0.25) is 0 Å². The summed E-state index contributed by atoms with van der Waals surface area (Å²) in [7, 11) is 0. The first kappa shape index (κ1) is 14.8. The number of nitrogens with one attached hydrogen (secondary N) is 1. The van der Waals surface area contributed by atoms with Crippen LogP contribution in [0.1, 0.15) is 11.1 Å². The molecule has 0 atom stereocenters. The Morgan fingerprint density at radius 2 is 1.77 bits per heavy atom. The zero-order chi connectivity index (χ0) is 15.7. The molecule has 0 saturated carbocycles. The van der Waals surface area contributed by atoms with Crippen molar-refractivity contribution in [2.24, 2.45) is 0 Å². The molecule has 1 aromatic heterocycles. The first-order valence-corrected chi connectivity index (χ1v) is 7.16. The zero-order valence-electron chi connectivity index (χ0n) is 11.1. The number of anilines is 1. The third-order valence-corrected chi connectivity index (χ3v) is 4.06. The Hall–Kier alpha value is -2.15. The summed E-state index contributed by atoms with van der Waals surface area (Å²) < 4.78 is 55.6. The van der Waals surface area contributed by atoms with Gasteiger partial charge in [0.05, 0.1) is 10.3 Å². The van der Waals surface area contributed by atoms with Crippen molar-refractivity contribution in [2.75, 3.05) is 5.32 Å². The van der Waals surface area contributed by atoms with Gasteiger partial charge in [-0.25, -0.2) is 4.39 Å². The van der Waals surface area contributed by atoms with Crippen LogP contribution >= 0.6 is 11.5 Å². The highest BCUT2D eigenvalue weighted by molar-refractivity contribution is 7.13. The van der Waals surface area contributed by atoms with E-state index < -0.39 is 11.7 Å². The van der Waals surface area contributed by atoms with Crippen LogP contribution in [0.15, 0.2) is 42.5 Å². The molecule has 22 heavy (non-hydrogen) atoms. The van der Waals surface area contributed by atoms with E-state index in [0.29, 0.717) is 28.0 Å². The van der Waals surface area contributed by atoms with Crippen LogP contribution in [0, 0.1) is 5.82 Å². The molecule has 1 heterocycles. The van der Waals surface area contributed by atoms with Crippen LogP contribution in [0.5, 0.6) is 0 Å². The van der Waals surface area contributed by atoms with Crippen LogP contribution in [-0.2, 0) is 12.7 Å². The second-order valence-corrected chi connectivity index (χ2v) is 5.47. The van der Waals surface area contributed by atoms with Gasteiger partial charge in [0.1, 0.15) is 11.6 Å². The molecule has 0 aliphatic carbocycles. The standard InChI is InChI=1S/C15H10F4N2S/c16-12-3-1-2-11-13(12)22-21-14(11)20-8-9-4-6-10(7-5-9)15(17,18)19/h1-7H,8H2,(H,20,21). The molecule has 2 aromatic carbocycles. The number of rotatable bonds is 3. The predicted molar refractivity (Wildman–Crippen MR) is 78.3 cm³/mol. The molecule has 2 nitrogen and oxygen atoms in total. The average molecular weight is 326 g/mol. The molecule has 0 amide bonds. The Kier molecular flexibility index (Phi) is 3.74. The second-order valence-electron chi connectivity index (χ2n) is 4.70. The molecule has 0 fully saturated rings. The lowest BCUT2D eigenvalue weighted by Crippen LogP contribution is -2.05. The van der Waals surface area contributed by atoms with Crippen LogP contribution in [0.25, 0.3) is 10.1 Å². The summed E-state index contributed by atoms with van der Waals surface area (Å²) in [5.74, 6) is 0.192. The highest BCUT2D eigenvalue weighted by atomic mass is 32.1. The van der Waals surface area contributed by atoms with Gasteiger partial charge in [0.2, 0.25) is 0 Å². The highest BCUT2D eigenvalue weighted by Gasteiger charge is 2.29. The maximum Gasteiger partial charge on any atom is 0.416 e. The quantitative estimate of drug-likeness (QED) is 0.680. The Morgan fingerprint density at radius 3 is 2.45 bits per heavy atom. The van der Waals surface area contributed by atoms with Gasteiger partial charge in [-0.2, -0.15) is 17.5 Å². The van der Waals surface area contributed by atoms with E-state index in [0.717, 1.165) is 23.7 Å². The van der Waals surface area contributed by atoms with Crippen molar-refractivity contribution in [3.8, 4) is 0 Å². The molecule has 7 heteroatoms. The third kappa shape index (κ3) is 2.89. The van der Waals surface area contributed by atoms with Gasteiger partial charge in [-0.15, -0.1) is 0 Å². The summed E-state index contributed by atoms with van der Waals surface area (Å²) in [6.07, 6.45) is -4.34. The number of aromatic nitrogens is 1. The topological polar surface area (TPSA) is 24.9 Å². The van der Waals surface area contributed by atoms with Crippen molar-refractivity contribution < 1.29 is 17.6 Å². The Labute approximate surface area is 127 Å². The molecule has 0 unspecified atom stereocenters. The van der Waals surface area contributed by atoms with Crippen molar-refractivity contribution in [1.29, 1.82) is 0 Å². The smallest absolute Gasteiger partial charge is 0.365 e. The summed E-state index contributed by atoms with van der Waals surface area (Å²) >= 11 is 1.05. The Balaban J connectivity index is 1.75. The van der Waals surface area contributed by atoms with E-state index in [1.54, 1.807) is 12.1 Å². The van der Waals surface area contributed by atoms with E-state index in [9.17, 15) is 17.6 Å². The van der Waals surface area contributed by atoms with Crippen molar-refractivity contribution >= 4 is 27.4 Å². The maximum atomic E-state index is 13.6.